The van der Waals surface area contributed by atoms with Gasteiger partial charge in [-0.3, -0.25) is 14.7 Å². The van der Waals surface area contributed by atoms with Crippen LogP contribution in [-0.2, 0) is 0 Å². The first-order valence-corrected chi connectivity index (χ1v) is 6.58. The number of rotatable bonds is 8. The zero-order valence-electron chi connectivity index (χ0n) is 12.3. The molecule has 2 atom stereocenters. The molecule has 2 unspecified atom stereocenters. The van der Waals surface area contributed by atoms with Crippen LogP contribution in [0, 0.1) is 0 Å². The maximum absolute atomic E-state index is 2.62. The van der Waals surface area contributed by atoms with Gasteiger partial charge in [0.1, 0.15) is 0 Å². The van der Waals surface area contributed by atoms with Crippen LogP contribution in [0.1, 0.15) is 40.0 Å². The Hall–Kier alpha value is -0.120. The highest BCUT2D eigenvalue weighted by molar-refractivity contribution is 4.74. The van der Waals surface area contributed by atoms with Crippen LogP contribution in [0.2, 0.25) is 0 Å². The molecule has 0 rings (SSSR count). The van der Waals surface area contributed by atoms with E-state index in [0.29, 0.717) is 12.3 Å². The van der Waals surface area contributed by atoms with E-state index in [1.54, 1.807) is 0 Å². The lowest BCUT2D eigenvalue weighted by molar-refractivity contribution is -0.0193. The minimum absolute atomic E-state index is 0.548. The second kappa shape index (κ2) is 8.04. The van der Waals surface area contributed by atoms with Gasteiger partial charge < -0.3 is 0 Å². The van der Waals surface area contributed by atoms with Gasteiger partial charge in [-0.2, -0.15) is 0 Å². The van der Waals surface area contributed by atoms with Gasteiger partial charge in [-0.15, -0.1) is 0 Å². The molecule has 0 aliphatic heterocycles. The van der Waals surface area contributed by atoms with E-state index in [-0.39, 0.29) is 0 Å². The quantitative estimate of drug-likeness (QED) is 0.591. The summed E-state index contributed by atoms with van der Waals surface area (Å²) < 4.78 is 0. The van der Waals surface area contributed by atoms with E-state index in [0.717, 1.165) is 0 Å². The van der Waals surface area contributed by atoms with Gasteiger partial charge in [0.2, 0.25) is 0 Å². The van der Waals surface area contributed by atoms with Crippen LogP contribution in [0.5, 0.6) is 0 Å². The molecule has 3 nitrogen and oxygen atoms in total. The summed E-state index contributed by atoms with van der Waals surface area (Å²) in [6.45, 7) is 7.98. The second-order valence-corrected chi connectivity index (χ2v) is 4.94. The molecule has 0 aromatic heterocycles. The summed E-state index contributed by atoms with van der Waals surface area (Å²) in [5.41, 5.74) is 0. The van der Waals surface area contributed by atoms with E-state index in [1.165, 1.54) is 25.8 Å². The predicted molar refractivity (Wildman–Crippen MR) is 72.5 cm³/mol. The van der Waals surface area contributed by atoms with Gasteiger partial charge in [-0.05, 0) is 47.5 Å². The van der Waals surface area contributed by atoms with E-state index >= 15 is 0 Å². The molecule has 0 aliphatic rings. The molecular formula is C13H31N3. The Kier molecular flexibility index (Phi) is 7.98. The first kappa shape index (κ1) is 15.9. The molecule has 0 spiro atoms. The molecule has 0 aliphatic carbocycles. The minimum Gasteiger partial charge on any atom is -0.294 e. The van der Waals surface area contributed by atoms with Crippen molar-refractivity contribution in [2.75, 3.05) is 34.7 Å². The Morgan fingerprint density at radius 2 is 1.12 bits per heavy atom. The van der Waals surface area contributed by atoms with E-state index in [2.05, 4.69) is 63.7 Å². The van der Waals surface area contributed by atoms with Gasteiger partial charge in [0.15, 0.2) is 0 Å². The van der Waals surface area contributed by atoms with Gasteiger partial charge in [0.25, 0.3) is 0 Å². The molecule has 98 valence electrons. The largest absolute Gasteiger partial charge is 0.294 e. The van der Waals surface area contributed by atoms with Crippen molar-refractivity contribution in [2.24, 2.45) is 0 Å². The minimum atomic E-state index is 0.548. The second-order valence-electron chi connectivity index (χ2n) is 4.94. The van der Waals surface area contributed by atoms with E-state index in [4.69, 9.17) is 0 Å². The lowest BCUT2D eigenvalue weighted by Crippen LogP contribution is -2.54. The summed E-state index contributed by atoms with van der Waals surface area (Å²) in [5, 5.41) is 0. The smallest absolute Gasteiger partial charge is 0.0628 e. The number of hydrogen-bond acceptors (Lipinski definition) is 3. The van der Waals surface area contributed by atoms with Crippen LogP contribution in [0.4, 0.5) is 0 Å². The van der Waals surface area contributed by atoms with E-state index < -0.39 is 0 Å². The molecule has 0 radical (unpaired) electrons. The summed E-state index contributed by atoms with van der Waals surface area (Å²) >= 11 is 0. The molecule has 0 amide bonds. The van der Waals surface area contributed by atoms with Gasteiger partial charge >= 0.3 is 0 Å². The van der Waals surface area contributed by atoms with Crippen LogP contribution < -0.4 is 0 Å². The molecule has 0 aromatic carbocycles. The molecule has 0 heterocycles. The maximum Gasteiger partial charge on any atom is 0.0628 e. The average molecular weight is 229 g/mol. The molecular weight excluding hydrogens is 198 g/mol. The number of hydrogen-bond donors (Lipinski definition) is 0. The van der Waals surface area contributed by atoms with Gasteiger partial charge in [-0.25, -0.2) is 0 Å². The average Bonchev–Trinajstić information content (AvgIpc) is 2.18. The molecule has 0 N–H and O–H groups in total. The van der Waals surface area contributed by atoms with Crippen LogP contribution >= 0.6 is 0 Å². The third-order valence-corrected chi connectivity index (χ3v) is 3.17. The fourth-order valence-electron chi connectivity index (χ4n) is 2.55. The summed E-state index contributed by atoms with van der Waals surface area (Å²) in [6, 6.07) is 0. The van der Waals surface area contributed by atoms with Crippen molar-refractivity contribution in [1.29, 1.82) is 0 Å². The van der Waals surface area contributed by atoms with Crippen LogP contribution in [0.15, 0.2) is 0 Å². The first-order chi connectivity index (χ1) is 7.49. The molecule has 3 heteroatoms. The Bertz CT molecular complexity index is 153. The normalized spacial score (nSPS) is 16.1. The summed E-state index contributed by atoms with van der Waals surface area (Å²) in [4.78, 5) is 7.30. The zero-order chi connectivity index (χ0) is 12.7. The fourth-order valence-corrected chi connectivity index (χ4v) is 2.55. The maximum atomic E-state index is 2.62. The third-order valence-electron chi connectivity index (χ3n) is 3.17. The van der Waals surface area contributed by atoms with Crippen LogP contribution in [0.3, 0.4) is 0 Å². The Balaban J connectivity index is 4.79. The van der Waals surface area contributed by atoms with Crippen molar-refractivity contribution >= 4 is 0 Å². The van der Waals surface area contributed by atoms with E-state index in [1.807, 2.05) is 0 Å². The molecule has 0 saturated carbocycles. The van der Waals surface area contributed by atoms with Gasteiger partial charge in [0.05, 0.1) is 12.3 Å². The standard InChI is InChI=1S/C13H31N3/c1-8-11-16(12(9-2)14(4)5)13(10-3)15(6)7/h12-13H,8-11H2,1-7H3. The van der Waals surface area contributed by atoms with Crippen molar-refractivity contribution in [1.82, 2.24) is 14.7 Å². The van der Waals surface area contributed by atoms with Crippen molar-refractivity contribution in [3.63, 3.8) is 0 Å². The Labute approximate surface area is 102 Å². The SMILES string of the molecule is CCCN(C(CC)N(C)C)C(CC)N(C)C. The van der Waals surface area contributed by atoms with E-state index in [9.17, 15) is 0 Å². The topological polar surface area (TPSA) is 9.72 Å². The first-order valence-electron chi connectivity index (χ1n) is 6.58. The third kappa shape index (κ3) is 4.40. The van der Waals surface area contributed by atoms with Crippen LogP contribution in [0.25, 0.3) is 0 Å². The Morgan fingerprint density at radius 3 is 1.31 bits per heavy atom. The molecule has 0 aromatic rings. The van der Waals surface area contributed by atoms with Gasteiger partial charge in [0, 0.05) is 6.54 Å². The summed E-state index contributed by atoms with van der Waals surface area (Å²) in [6.07, 6.45) is 4.67. The predicted octanol–water partition coefficient (Wildman–Crippen LogP) is 2.29. The Morgan fingerprint density at radius 1 is 0.750 bits per heavy atom. The van der Waals surface area contributed by atoms with Gasteiger partial charge in [-0.1, -0.05) is 20.8 Å². The highest BCUT2D eigenvalue weighted by Gasteiger charge is 2.25. The summed E-state index contributed by atoms with van der Waals surface area (Å²) in [7, 11) is 8.72. The molecule has 16 heavy (non-hydrogen) atoms. The zero-order valence-corrected chi connectivity index (χ0v) is 12.3. The van der Waals surface area contributed by atoms with Crippen molar-refractivity contribution < 1.29 is 0 Å². The lowest BCUT2D eigenvalue weighted by atomic mass is 10.2. The highest BCUT2D eigenvalue weighted by atomic mass is 15.4. The lowest BCUT2D eigenvalue weighted by Gasteiger charge is -2.43. The monoisotopic (exact) mass is 229 g/mol. The summed E-state index contributed by atoms with van der Waals surface area (Å²) in [5.74, 6) is 0. The molecule has 0 bridgehead atoms. The highest BCUT2D eigenvalue weighted by Crippen LogP contribution is 2.16. The van der Waals surface area contributed by atoms with Crippen molar-refractivity contribution in [2.45, 2.75) is 52.4 Å². The van der Waals surface area contributed by atoms with Crippen LogP contribution in [-0.4, -0.2) is 61.8 Å². The number of nitrogens with zero attached hydrogens (tertiary/aromatic N) is 3. The molecule has 0 saturated heterocycles. The fraction of sp³-hybridized carbons (Fsp3) is 1.00. The van der Waals surface area contributed by atoms with Crippen molar-refractivity contribution in [3.05, 3.63) is 0 Å². The van der Waals surface area contributed by atoms with Crippen molar-refractivity contribution in [3.8, 4) is 0 Å². The molecule has 0 fully saturated rings.